The van der Waals surface area contributed by atoms with Gasteiger partial charge in [-0.3, -0.25) is 0 Å². The molecule has 0 aliphatic rings. The van der Waals surface area contributed by atoms with E-state index in [2.05, 4.69) is 19.7 Å². The predicted octanol–water partition coefficient (Wildman–Crippen LogP) is 8.29. The minimum absolute atomic E-state index is 0.0344. The summed E-state index contributed by atoms with van der Waals surface area (Å²) in [6.45, 7) is 17.8. The molecule has 1 aromatic rings. The molecule has 0 aromatic heterocycles. The summed E-state index contributed by atoms with van der Waals surface area (Å²) in [5, 5.41) is 0.296. The maximum Gasteiger partial charge on any atom is 0.412 e. The zero-order chi connectivity index (χ0) is 21.8. The van der Waals surface area contributed by atoms with Crippen molar-refractivity contribution in [2.24, 2.45) is 0 Å². The Hall–Kier alpha value is -1.66. The zero-order valence-electron chi connectivity index (χ0n) is 16.4. The third-order valence-electron chi connectivity index (χ3n) is 3.93. The van der Waals surface area contributed by atoms with Gasteiger partial charge >= 0.3 is 6.18 Å². The molecular weight excluding hydrogens is 410 g/mol. The number of nitrogens with zero attached hydrogens (tertiary/aromatic N) is 1. The molecule has 28 heavy (non-hydrogen) atoms. The number of halogens is 5. The third kappa shape index (κ3) is 6.17. The molecule has 0 aliphatic heterocycles. The summed E-state index contributed by atoms with van der Waals surface area (Å²) < 4.78 is 53.3. The van der Waals surface area contributed by atoms with E-state index in [9.17, 15) is 17.6 Å². The van der Waals surface area contributed by atoms with E-state index in [1.807, 2.05) is 13.8 Å². The molecule has 0 bridgehead atoms. The van der Waals surface area contributed by atoms with Gasteiger partial charge in [0.1, 0.15) is 5.82 Å². The van der Waals surface area contributed by atoms with E-state index < -0.39 is 17.6 Å². The van der Waals surface area contributed by atoms with Gasteiger partial charge in [-0.2, -0.15) is 13.2 Å². The summed E-state index contributed by atoms with van der Waals surface area (Å²) in [7, 11) is 0. The molecule has 0 heterocycles. The van der Waals surface area contributed by atoms with Crippen LogP contribution in [0.25, 0.3) is 0 Å². The van der Waals surface area contributed by atoms with Gasteiger partial charge in [0.2, 0.25) is 0 Å². The summed E-state index contributed by atoms with van der Waals surface area (Å²) in [6.07, 6.45) is -2.84. The van der Waals surface area contributed by atoms with Crippen LogP contribution in [0.4, 0.5) is 23.2 Å². The standard InChI is InChI=1S/C21H24ClF4NS/c1-8-19(12(2)3)28-20-11-18(17(23)10-16(20)22)27(13(4)5)15(7)9-14(6)21(24,25)26/h9-11,19H,2,4,7-8H2,1,3,5-6H3/b14-9+. The number of anilines is 1. The van der Waals surface area contributed by atoms with Crippen LogP contribution in [0.15, 0.2) is 65.4 Å². The van der Waals surface area contributed by atoms with Gasteiger partial charge in [-0.1, -0.05) is 43.8 Å². The van der Waals surface area contributed by atoms with Gasteiger partial charge in [-0.25, -0.2) is 4.39 Å². The van der Waals surface area contributed by atoms with E-state index in [0.29, 0.717) is 10.6 Å². The summed E-state index contributed by atoms with van der Waals surface area (Å²) in [6, 6.07) is 2.65. The fourth-order valence-corrected chi connectivity index (χ4v) is 3.78. The van der Waals surface area contributed by atoms with Crippen molar-refractivity contribution in [3.63, 3.8) is 0 Å². The first-order valence-electron chi connectivity index (χ1n) is 8.50. The predicted molar refractivity (Wildman–Crippen MR) is 112 cm³/mol. The van der Waals surface area contributed by atoms with Crippen LogP contribution >= 0.6 is 23.4 Å². The molecule has 0 fully saturated rings. The molecule has 0 radical (unpaired) electrons. The molecule has 0 spiro atoms. The molecule has 1 atom stereocenters. The summed E-state index contributed by atoms with van der Waals surface area (Å²) in [4.78, 5) is 1.84. The highest BCUT2D eigenvalue weighted by atomic mass is 35.5. The number of hydrogen-bond donors (Lipinski definition) is 0. The normalized spacial score (nSPS) is 13.2. The zero-order valence-corrected chi connectivity index (χ0v) is 18.0. The van der Waals surface area contributed by atoms with Crippen LogP contribution in [0.1, 0.15) is 34.1 Å². The third-order valence-corrected chi connectivity index (χ3v) is 5.97. The maximum absolute atomic E-state index is 14.7. The SMILES string of the molecule is C=C(C)C(CC)Sc1cc(N(C(=C)C)C(=C)/C=C(\C)C(F)(F)F)c(F)cc1Cl. The quantitative estimate of drug-likeness (QED) is 0.175. The second kappa shape index (κ2) is 9.70. The Morgan fingerprint density at radius 2 is 1.79 bits per heavy atom. The minimum Gasteiger partial charge on any atom is -0.313 e. The maximum atomic E-state index is 14.7. The molecule has 0 amide bonds. The van der Waals surface area contributed by atoms with Crippen molar-refractivity contribution >= 4 is 29.1 Å². The van der Waals surface area contributed by atoms with Gasteiger partial charge in [0, 0.05) is 27.1 Å². The van der Waals surface area contributed by atoms with E-state index in [-0.39, 0.29) is 21.7 Å². The van der Waals surface area contributed by atoms with Gasteiger partial charge in [-0.15, -0.1) is 11.8 Å². The van der Waals surface area contributed by atoms with E-state index in [1.165, 1.54) is 22.7 Å². The number of alkyl halides is 3. The first-order valence-corrected chi connectivity index (χ1v) is 9.76. The molecule has 0 N–H and O–H groups in total. The summed E-state index contributed by atoms with van der Waals surface area (Å²) in [5.41, 5.74) is 0.402. The van der Waals surface area contributed by atoms with Gasteiger partial charge in [-0.05, 0) is 45.4 Å². The van der Waals surface area contributed by atoms with E-state index in [0.717, 1.165) is 31.1 Å². The molecule has 1 unspecified atom stereocenters. The molecule has 1 aromatic carbocycles. The van der Waals surface area contributed by atoms with E-state index >= 15 is 0 Å². The van der Waals surface area contributed by atoms with Crippen LogP contribution in [0.2, 0.25) is 5.02 Å². The highest BCUT2D eigenvalue weighted by Crippen LogP contribution is 2.40. The molecule has 0 saturated carbocycles. The number of thioether (sulfide) groups is 1. The Balaban J connectivity index is 3.44. The summed E-state index contributed by atoms with van der Waals surface area (Å²) >= 11 is 7.63. The monoisotopic (exact) mass is 433 g/mol. The first kappa shape index (κ1) is 24.4. The number of allylic oxidation sites excluding steroid dienone is 3. The van der Waals surface area contributed by atoms with Crippen molar-refractivity contribution in [3.05, 3.63) is 71.3 Å². The Bertz CT molecular complexity index is 811. The minimum atomic E-state index is -4.50. The van der Waals surface area contributed by atoms with Crippen molar-refractivity contribution in [1.29, 1.82) is 0 Å². The fourth-order valence-electron chi connectivity index (χ4n) is 2.47. The number of hydrogen-bond acceptors (Lipinski definition) is 2. The smallest absolute Gasteiger partial charge is 0.313 e. The van der Waals surface area contributed by atoms with Crippen molar-refractivity contribution < 1.29 is 17.6 Å². The average Bonchev–Trinajstić information content (AvgIpc) is 2.54. The van der Waals surface area contributed by atoms with Crippen LogP contribution in [0.5, 0.6) is 0 Å². The second-order valence-corrected chi connectivity index (χ2v) is 8.13. The van der Waals surface area contributed by atoms with Gasteiger partial charge in [0.25, 0.3) is 0 Å². The Morgan fingerprint density at radius 3 is 2.21 bits per heavy atom. The van der Waals surface area contributed by atoms with Crippen LogP contribution in [0.3, 0.4) is 0 Å². The van der Waals surface area contributed by atoms with Crippen LogP contribution in [-0.2, 0) is 0 Å². The van der Waals surface area contributed by atoms with Gasteiger partial charge in [0.05, 0.1) is 10.7 Å². The van der Waals surface area contributed by atoms with Crippen molar-refractivity contribution in [1.82, 2.24) is 0 Å². The average molecular weight is 434 g/mol. The topological polar surface area (TPSA) is 3.24 Å². The molecule has 154 valence electrons. The summed E-state index contributed by atoms with van der Waals surface area (Å²) in [5.74, 6) is -0.681. The first-order chi connectivity index (χ1) is 12.8. The van der Waals surface area contributed by atoms with E-state index in [1.54, 1.807) is 6.92 Å². The largest absolute Gasteiger partial charge is 0.412 e. The molecule has 1 nitrogen and oxygen atoms in total. The highest BCUT2D eigenvalue weighted by Gasteiger charge is 2.30. The van der Waals surface area contributed by atoms with Crippen LogP contribution in [0, 0.1) is 5.82 Å². The fraction of sp³-hybridized carbons (Fsp3) is 0.333. The van der Waals surface area contributed by atoms with Crippen molar-refractivity contribution in [3.8, 4) is 0 Å². The van der Waals surface area contributed by atoms with Gasteiger partial charge in [0.15, 0.2) is 0 Å². The Kier molecular flexibility index (Phi) is 8.45. The van der Waals surface area contributed by atoms with Gasteiger partial charge < -0.3 is 4.90 Å². The molecule has 7 heteroatoms. The molecule has 1 rings (SSSR count). The second-order valence-electron chi connectivity index (χ2n) is 6.48. The molecule has 0 saturated heterocycles. The van der Waals surface area contributed by atoms with Crippen molar-refractivity contribution in [2.45, 2.75) is 50.4 Å². The Morgan fingerprint density at radius 1 is 1.21 bits per heavy atom. The highest BCUT2D eigenvalue weighted by molar-refractivity contribution is 8.00. The van der Waals surface area contributed by atoms with Crippen LogP contribution in [-0.4, -0.2) is 11.4 Å². The number of rotatable bonds is 8. The Labute approximate surface area is 173 Å². The molecular formula is C21H24ClF4NS. The number of benzene rings is 1. The lowest BCUT2D eigenvalue weighted by Crippen LogP contribution is -2.21. The lowest BCUT2D eigenvalue weighted by molar-refractivity contribution is -0.0913. The lowest BCUT2D eigenvalue weighted by atomic mass is 10.2. The van der Waals surface area contributed by atoms with Crippen LogP contribution < -0.4 is 4.90 Å². The van der Waals surface area contributed by atoms with Crippen molar-refractivity contribution in [2.75, 3.05) is 4.90 Å². The lowest BCUT2D eigenvalue weighted by Gasteiger charge is -2.27. The van der Waals surface area contributed by atoms with E-state index in [4.69, 9.17) is 11.6 Å². The molecule has 0 aliphatic carbocycles.